The molecule has 34 heavy (non-hydrogen) atoms. The van der Waals surface area contributed by atoms with Crippen molar-refractivity contribution in [2.45, 2.75) is 79.8 Å². The van der Waals surface area contributed by atoms with Crippen LogP contribution in [0.5, 0.6) is 23.0 Å². The van der Waals surface area contributed by atoms with Crippen LogP contribution in [0.2, 0.25) is 0 Å². The summed E-state index contributed by atoms with van der Waals surface area (Å²) in [5.74, 6) is 2.97. The predicted octanol–water partition coefficient (Wildman–Crippen LogP) is 7.73. The average molecular weight is 595 g/mol. The van der Waals surface area contributed by atoms with Crippen molar-refractivity contribution in [2.24, 2.45) is 0 Å². The van der Waals surface area contributed by atoms with E-state index in [0.29, 0.717) is 0 Å². The second-order valence-electron chi connectivity index (χ2n) is 9.28. The van der Waals surface area contributed by atoms with Crippen molar-refractivity contribution < 1.29 is 32.5 Å². The molecule has 188 valence electrons. The average Bonchev–Trinajstić information content (AvgIpc) is 3.06. The Bertz CT molecular complexity index is 1070. The fourth-order valence-electron chi connectivity index (χ4n) is 3.75. The van der Waals surface area contributed by atoms with Gasteiger partial charge < -0.3 is 0 Å². The number of halogens is 2. The molecule has 0 spiro atoms. The van der Waals surface area contributed by atoms with E-state index < -0.39 is 13.5 Å². The maximum atomic E-state index is 6.59. The number of fused-ring (bicyclic) bond motifs is 1. The molecular weight excluding hydrogens is 560 g/mol. The van der Waals surface area contributed by atoms with Crippen LogP contribution in [0.3, 0.4) is 0 Å². The number of rotatable bonds is 9. The summed E-state index contributed by atoms with van der Waals surface area (Å²) in [6, 6.07) is 9.98. The number of benzene rings is 2. The zero-order valence-electron chi connectivity index (χ0n) is 21.0. The zero-order chi connectivity index (χ0) is 25.2. The molecular formula is C27H34Cl2O4Ru. The number of hydrogen-bond acceptors (Lipinski definition) is 4. The van der Waals surface area contributed by atoms with Crippen molar-refractivity contribution in [3.8, 4) is 23.0 Å². The molecule has 0 heterocycles. The topological polar surface area (TPSA) is 36.9 Å². The van der Waals surface area contributed by atoms with Gasteiger partial charge in [0, 0.05) is 0 Å². The van der Waals surface area contributed by atoms with Crippen LogP contribution in [0.15, 0.2) is 36.4 Å². The SMILES string of the molecule is CC(C)Oc1cc(OC(C)C)cc(C2=C[C](=[Ru]([Cl])[Cl])c3c(OC(C)C)cc(OC(C)C)cc32)c1. The Kier molecular flexibility index (Phi) is 9.12. The van der Waals surface area contributed by atoms with Gasteiger partial charge in [0.05, 0.1) is 0 Å². The first kappa shape index (κ1) is 27.0. The molecule has 0 atom stereocenters. The quantitative estimate of drug-likeness (QED) is 0.279. The molecule has 0 amide bonds. The first-order valence-electron chi connectivity index (χ1n) is 11.5. The van der Waals surface area contributed by atoms with E-state index in [-0.39, 0.29) is 24.4 Å². The molecule has 0 bridgehead atoms. The molecule has 1 aliphatic carbocycles. The van der Waals surface area contributed by atoms with E-state index >= 15 is 0 Å². The Balaban J connectivity index is 2.25. The Morgan fingerprint density at radius 3 is 1.53 bits per heavy atom. The first-order valence-corrected chi connectivity index (χ1v) is 16.9. The summed E-state index contributed by atoms with van der Waals surface area (Å²) < 4.78 is 25.3. The van der Waals surface area contributed by atoms with E-state index in [1.54, 1.807) is 0 Å². The Morgan fingerprint density at radius 1 is 0.618 bits per heavy atom. The second-order valence-corrected chi connectivity index (χ2v) is 15.1. The van der Waals surface area contributed by atoms with Crippen LogP contribution in [-0.4, -0.2) is 28.5 Å². The van der Waals surface area contributed by atoms with Crippen molar-refractivity contribution in [1.29, 1.82) is 0 Å². The summed E-state index contributed by atoms with van der Waals surface area (Å²) in [7, 11) is 13.2. The van der Waals surface area contributed by atoms with Crippen molar-refractivity contribution in [3.05, 3.63) is 53.1 Å². The number of ether oxygens (including phenoxy) is 4. The van der Waals surface area contributed by atoms with E-state index in [9.17, 15) is 0 Å². The van der Waals surface area contributed by atoms with Crippen molar-refractivity contribution in [1.82, 2.24) is 0 Å². The monoisotopic (exact) mass is 594 g/mol. The Labute approximate surface area is 216 Å². The number of hydrogen-bond donors (Lipinski definition) is 0. The van der Waals surface area contributed by atoms with Crippen molar-refractivity contribution >= 4 is 29.1 Å². The van der Waals surface area contributed by atoms with Crippen LogP contribution < -0.4 is 18.9 Å². The number of allylic oxidation sites excluding steroid dienone is 1. The summed E-state index contributed by atoms with van der Waals surface area (Å²) in [6.07, 6.45) is 2.18. The summed E-state index contributed by atoms with van der Waals surface area (Å²) in [5.41, 5.74) is 3.90. The summed E-state index contributed by atoms with van der Waals surface area (Å²) in [5, 5.41) is 0. The van der Waals surface area contributed by atoms with Gasteiger partial charge in [0.1, 0.15) is 0 Å². The molecule has 7 heteroatoms. The van der Waals surface area contributed by atoms with Gasteiger partial charge in [-0.05, 0) is 0 Å². The van der Waals surface area contributed by atoms with E-state index in [1.807, 2.05) is 85.7 Å². The minimum absolute atomic E-state index is 0.0104. The van der Waals surface area contributed by atoms with Gasteiger partial charge in [-0.3, -0.25) is 0 Å². The predicted molar refractivity (Wildman–Crippen MR) is 139 cm³/mol. The minimum atomic E-state index is -2.26. The van der Waals surface area contributed by atoms with Crippen LogP contribution in [0.25, 0.3) is 5.57 Å². The van der Waals surface area contributed by atoms with Gasteiger partial charge in [0.2, 0.25) is 0 Å². The van der Waals surface area contributed by atoms with Gasteiger partial charge in [-0.15, -0.1) is 0 Å². The summed E-state index contributed by atoms with van der Waals surface area (Å²) >= 11 is -2.26. The van der Waals surface area contributed by atoms with Gasteiger partial charge >= 0.3 is 217 Å². The van der Waals surface area contributed by atoms with E-state index in [4.69, 9.17) is 38.3 Å². The van der Waals surface area contributed by atoms with Gasteiger partial charge in [-0.25, -0.2) is 0 Å². The molecule has 2 aromatic carbocycles. The van der Waals surface area contributed by atoms with Crippen molar-refractivity contribution in [3.63, 3.8) is 0 Å². The van der Waals surface area contributed by atoms with Gasteiger partial charge in [-0.2, -0.15) is 0 Å². The Morgan fingerprint density at radius 2 is 1.09 bits per heavy atom. The molecule has 0 aliphatic heterocycles. The van der Waals surface area contributed by atoms with Crippen LogP contribution in [0, 0.1) is 0 Å². The molecule has 4 nitrogen and oxygen atoms in total. The standard InChI is InChI=1S/C27H34O4.2ClH.Ru/c1-16(2)28-21-11-20(12-22(13-21)29-17(3)4)24-9-10-25-26(24)14-23(30-18(5)6)15-27(25)31-19(7)8;;;/h9,11-19H,1-8H3;2*1H;/q;;;+2/p-2. The van der Waals surface area contributed by atoms with Crippen LogP contribution in [0.1, 0.15) is 72.1 Å². The van der Waals surface area contributed by atoms with Gasteiger partial charge in [-0.1, -0.05) is 0 Å². The molecule has 0 N–H and O–H groups in total. The van der Waals surface area contributed by atoms with Crippen molar-refractivity contribution in [2.75, 3.05) is 0 Å². The van der Waals surface area contributed by atoms with Crippen LogP contribution >= 0.6 is 19.4 Å². The summed E-state index contributed by atoms with van der Waals surface area (Å²) in [4.78, 5) is 0. The molecule has 3 rings (SSSR count). The normalized spacial score (nSPS) is 13.5. The van der Waals surface area contributed by atoms with Gasteiger partial charge in [0.25, 0.3) is 0 Å². The molecule has 0 saturated carbocycles. The molecule has 0 saturated heterocycles. The third-order valence-electron chi connectivity index (χ3n) is 4.68. The molecule has 1 aliphatic rings. The summed E-state index contributed by atoms with van der Waals surface area (Å²) in [6.45, 7) is 16.1. The first-order chi connectivity index (χ1) is 15.9. The molecule has 0 radical (unpaired) electrons. The Hall–Kier alpha value is -1.55. The molecule has 2 aromatic rings. The van der Waals surface area contributed by atoms with Crippen LogP contribution in [0.4, 0.5) is 0 Å². The third kappa shape index (κ3) is 6.77. The fourth-order valence-corrected chi connectivity index (χ4v) is 6.22. The maximum absolute atomic E-state index is 6.59. The van der Waals surface area contributed by atoms with E-state index in [0.717, 1.165) is 49.4 Å². The molecule has 0 fully saturated rings. The molecule has 0 unspecified atom stereocenters. The zero-order valence-corrected chi connectivity index (χ0v) is 24.3. The fraction of sp³-hybridized carbons (Fsp3) is 0.444. The third-order valence-corrected chi connectivity index (χ3v) is 7.78. The second kappa shape index (κ2) is 11.5. The van der Waals surface area contributed by atoms with E-state index in [1.165, 1.54) is 0 Å². The molecule has 0 aromatic heterocycles. The van der Waals surface area contributed by atoms with E-state index in [2.05, 4.69) is 6.08 Å². The van der Waals surface area contributed by atoms with Gasteiger partial charge in [0.15, 0.2) is 0 Å². The van der Waals surface area contributed by atoms with Crippen LogP contribution in [-0.2, 0) is 13.5 Å².